The molecule has 0 fully saturated rings. The number of amides is 1. The van der Waals surface area contributed by atoms with Crippen LogP contribution in [0.4, 0.5) is 15.8 Å². The van der Waals surface area contributed by atoms with E-state index < -0.39 is 0 Å². The molecule has 1 heterocycles. The first-order valence-corrected chi connectivity index (χ1v) is 6.27. The summed E-state index contributed by atoms with van der Waals surface area (Å²) in [5.74, 6) is 0.349. The second-order valence-corrected chi connectivity index (χ2v) is 4.65. The number of fused-ring (bicyclic) bond motifs is 1. The average Bonchev–Trinajstić information content (AvgIpc) is 2.40. The minimum Gasteiger partial charge on any atom is -0.455 e. The van der Waals surface area contributed by atoms with Crippen molar-refractivity contribution in [1.82, 2.24) is 0 Å². The molecule has 0 aliphatic carbocycles. The smallest absolute Gasteiger partial charge is 0.224 e. The number of nitrogens with one attached hydrogen (secondary N) is 1. The molecule has 0 atom stereocenters. The number of carbonyl (C=O) groups is 1. The van der Waals surface area contributed by atoms with Crippen molar-refractivity contribution in [1.29, 1.82) is 0 Å². The summed E-state index contributed by atoms with van der Waals surface area (Å²) in [6.45, 7) is 0. The Balaban J connectivity index is 1.94. The van der Waals surface area contributed by atoms with Crippen molar-refractivity contribution in [3.63, 3.8) is 0 Å². The van der Waals surface area contributed by atoms with Gasteiger partial charge in [0.1, 0.15) is 11.6 Å². The molecule has 102 valence electrons. The van der Waals surface area contributed by atoms with Crippen molar-refractivity contribution in [2.75, 3.05) is 11.1 Å². The lowest BCUT2D eigenvalue weighted by molar-refractivity contribution is -0.116. The normalized spacial score (nSPS) is 13.6. The molecule has 3 rings (SSSR count). The van der Waals surface area contributed by atoms with Crippen LogP contribution < -0.4 is 15.8 Å². The lowest BCUT2D eigenvalue weighted by atomic mass is 10.0. The number of benzene rings is 2. The van der Waals surface area contributed by atoms with Crippen LogP contribution >= 0.6 is 0 Å². The first-order valence-electron chi connectivity index (χ1n) is 6.27. The van der Waals surface area contributed by atoms with Crippen molar-refractivity contribution in [3.8, 4) is 11.5 Å². The highest BCUT2D eigenvalue weighted by molar-refractivity contribution is 5.94. The Morgan fingerprint density at radius 2 is 2.05 bits per heavy atom. The fourth-order valence-corrected chi connectivity index (χ4v) is 2.17. The molecule has 2 aromatic carbocycles. The molecule has 20 heavy (non-hydrogen) atoms. The lowest BCUT2D eigenvalue weighted by Crippen LogP contribution is -2.19. The van der Waals surface area contributed by atoms with Crippen molar-refractivity contribution in [2.45, 2.75) is 12.8 Å². The number of halogens is 1. The van der Waals surface area contributed by atoms with Crippen LogP contribution in [-0.4, -0.2) is 5.91 Å². The number of aryl methyl sites for hydroxylation is 1. The lowest BCUT2D eigenvalue weighted by Gasteiger charge is -2.19. The molecule has 0 saturated carbocycles. The summed E-state index contributed by atoms with van der Waals surface area (Å²) in [5.41, 5.74) is 8.07. The number of hydrogen-bond donors (Lipinski definition) is 2. The maximum atomic E-state index is 13.1. The van der Waals surface area contributed by atoms with E-state index in [1.165, 1.54) is 12.1 Å². The second kappa shape index (κ2) is 4.85. The van der Waals surface area contributed by atoms with E-state index in [-0.39, 0.29) is 11.7 Å². The average molecular weight is 272 g/mol. The molecule has 0 radical (unpaired) electrons. The van der Waals surface area contributed by atoms with Crippen LogP contribution in [0.25, 0.3) is 0 Å². The number of ether oxygens (including phenoxy) is 1. The number of carbonyl (C=O) groups excluding carboxylic acids is 1. The van der Waals surface area contributed by atoms with E-state index in [0.29, 0.717) is 35.7 Å². The molecule has 5 heteroatoms. The van der Waals surface area contributed by atoms with Gasteiger partial charge < -0.3 is 15.8 Å². The summed E-state index contributed by atoms with van der Waals surface area (Å²) < 4.78 is 18.7. The summed E-state index contributed by atoms with van der Waals surface area (Å²) in [6, 6.07) is 9.26. The van der Waals surface area contributed by atoms with Crippen LogP contribution in [0.5, 0.6) is 11.5 Å². The zero-order valence-electron chi connectivity index (χ0n) is 10.7. The third-order valence-electron chi connectivity index (χ3n) is 3.16. The predicted molar refractivity (Wildman–Crippen MR) is 74.3 cm³/mol. The molecule has 0 unspecified atom stereocenters. The molecule has 0 bridgehead atoms. The van der Waals surface area contributed by atoms with Crippen molar-refractivity contribution in [2.24, 2.45) is 0 Å². The third-order valence-corrected chi connectivity index (χ3v) is 3.16. The van der Waals surface area contributed by atoms with Crippen LogP contribution in [0.1, 0.15) is 12.0 Å². The van der Waals surface area contributed by atoms with Gasteiger partial charge >= 0.3 is 0 Å². The van der Waals surface area contributed by atoms with Gasteiger partial charge in [-0.3, -0.25) is 4.79 Å². The Morgan fingerprint density at radius 1 is 1.20 bits per heavy atom. The fourth-order valence-electron chi connectivity index (χ4n) is 2.17. The molecular weight excluding hydrogens is 259 g/mol. The fraction of sp³-hybridized carbons (Fsp3) is 0.133. The van der Waals surface area contributed by atoms with Crippen LogP contribution in [-0.2, 0) is 11.2 Å². The van der Waals surface area contributed by atoms with Gasteiger partial charge in [-0.1, -0.05) is 6.07 Å². The van der Waals surface area contributed by atoms with Crippen molar-refractivity contribution in [3.05, 3.63) is 47.8 Å². The monoisotopic (exact) mass is 272 g/mol. The first-order chi connectivity index (χ1) is 9.61. The highest BCUT2D eigenvalue weighted by Gasteiger charge is 2.17. The molecule has 3 N–H and O–H groups in total. The van der Waals surface area contributed by atoms with Crippen LogP contribution in [0, 0.1) is 5.82 Å². The first kappa shape index (κ1) is 12.5. The van der Waals surface area contributed by atoms with Gasteiger partial charge in [0.25, 0.3) is 0 Å². The summed E-state index contributed by atoms with van der Waals surface area (Å²) in [7, 11) is 0. The highest BCUT2D eigenvalue weighted by Crippen LogP contribution is 2.35. The van der Waals surface area contributed by atoms with Gasteiger partial charge in [0.05, 0.1) is 5.69 Å². The molecule has 1 aliphatic heterocycles. The van der Waals surface area contributed by atoms with Crippen molar-refractivity contribution < 1.29 is 13.9 Å². The van der Waals surface area contributed by atoms with Crippen molar-refractivity contribution >= 4 is 17.3 Å². The Kier molecular flexibility index (Phi) is 3.02. The van der Waals surface area contributed by atoms with Crippen LogP contribution in [0.2, 0.25) is 0 Å². The van der Waals surface area contributed by atoms with E-state index in [2.05, 4.69) is 5.32 Å². The Morgan fingerprint density at radius 3 is 2.85 bits per heavy atom. The third kappa shape index (κ3) is 2.42. The Bertz CT molecular complexity index is 686. The van der Waals surface area contributed by atoms with E-state index in [1.807, 2.05) is 0 Å². The molecule has 4 nitrogen and oxygen atoms in total. The van der Waals surface area contributed by atoms with Crippen LogP contribution in [0.3, 0.4) is 0 Å². The van der Waals surface area contributed by atoms with E-state index in [1.54, 1.807) is 24.3 Å². The minimum atomic E-state index is -0.382. The number of nitrogen functional groups attached to an aromatic ring is 1. The van der Waals surface area contributed by atoms with E-state index >= 15 is 0 Å². The van der Waals surface area contributed by atoms with Gasteiger partial charge in [0.2, 0.25) is 5.91 Å². The molecular formula is C15H13FN2O2. The zero-order chi connectivity index (χ0) is 14.1. The standard InChI is InChI=1S/C15H13FN2O2/c16-10-2-1-3-11(7-10)20-14-8-13-9(6-12(14)17)4-5-15(19)18-13/h1-3,6-8H,4-5,17H2,(H,18,19). The molecule has 1 amide bonds. The maximum Gasteiger partial charge on any atom is 0.224 e. The molecule has 0 saturated heterocycles. The zero-order valence-corrected chi connectivity index (χ0v) is 10.7. The molecule has 1 aliphatic rings. The predicted octanol–water partition coefficient (Wildman–Crippen LogP) is 3.08. The Hall–Kier alpha value is -2.56. The van der Waals surface area contributed by atoms with Gasteiger partial charge in [-0.05, 0) is 30.2 Å². The molecule has 0 aromatic heterocycles. The summed E-state index contributed by atoms with van der Waals surface area (Å²) in [5, 5.41) is 2.78. The van der Waals surface area contributed by atoms with E-state index in [9.17, 15) is 9.18 Å². The summed E-state index contributed by atoms with van der Waals surface area (Å²) in [4.78, 5) is 11.4. The number of nitrogens with two attached hydrogens (primary N) is 1. The number of hydrogen-bond acceptors (Lipinski definition) is 3. The molecule has 2 aromatic rings. The number of anilines is 2. The largest absolute Gasteiger partial charge is 0.455 e. The Labute approximate surface area is 115 Å². The van der Waals surface area contributed by atoms with E-state index in [4.69, 9.17) is 10.5 Å². The second-order valence-electron chi connectivity index (χ2n) is 4.65. The highest BCUT2D eigenvalue weighted by atomic mass is 19.1. The summed E-state index contributed by atoms with van der Waals surface area (Å²) in [6.07, 6.45) is 1.11. The SMILES string of the molecule is Nc1cc2c(cc1Oc1cccc(F)c1)NC(=O)CC2. The quantitative estimate of drug-likeness (QED) is 0.826. The summed E-state index contributed by atoms with van der Waals surface area (Å²) >= 11 is 0. The maximum absolute atomic E-state index is 13.1. The minimum absolute atomic E-state index is 0.0287. The van der Waals surface area contributed by atoms with E-state index in [0.717, 1.165) is 5.56 Å². The van der Waals surface area contributed by atoms with Gasteiger partial charge in [-0.25, -0.2) is 4.39 Å². The molecule has 0 spiro atoms. The topological polar surface area (TPSA) is 64.3 Å². The van der Waals surface area contributed by atoms with Gasteiger partial charge in [-0.15, -0.1) is 0 Å². The van der Waals surface area contributed by atoms with Crippen LogP contribution in [0.15, 0.2) is 36.4 Å². The van der Waals surface area contributed by atoms with Gasteiger partial charge in [0.15, 0.2) is 5.75 Å². The van der Waals surface area contributed by atoms with Gasteiger partial charge in [-0.2, -0.15) is 0 Å². The number of rotatable bonds is 2. The van der Waals surface area contributed by atoms with Gasteiger partial charge in [0, 0.05) is 24.2 Å².